The van der Waals surface area contributed by atoms with Gasteiger partial charge >= 0.3 is 7.12 Å². The molecule has 0 unspecified atom stereocenters. The Balaban J connectivity index is 1.46. The van der Waals surface area contributed by atoms with Crippen molar-refractivity contribution in [2.24, 2.45) is 5.41 Å². The van der Waals surface area contributed by atoms with Crippen molar-refractivity contribution in [2.45, 2.75) is 174 Å². The van der Waals surface area contributed by atoms with E-state index in [1.807, 2.05) is 0 Å². The maximum Gasteiger partial charge on any atom is 0.493 e. The van der Waals surface area contributed by atoms with Crippen molar-refractivity contribution in [3.63, 3.8) is 0 Å². The molecule has 1 heterocycles. The molecule has 2 aromatic carbocycles. The SMILES string of the molecule is CCCCCCCCCCCCC1(CCCCCCCCCCCC)c2cc(Cl)ccc2-c2ccc(B3OCC(C)(C)CO3)cc21. The van der Waals surface area contributed by atoms with Crippen molar-refractivity contribution in [1.29, 1.82) is 0 Å². The lowest BCUT2D eigenvalue weighted by molar-refractivity contribution is 0.0343. The Bertz CT molecular complexity index is 1130. The van der Waals surface area contributed by atoms with Gasteiger partial charge in [-0.3, -0.25) is 0 Å². The summed E-state index contributed by atoms with van der Waals surface area (Å²) in [6, 6.07) is 13.7. The lowest BCUT2D eigenvalue weighted by atomic mass is 9.68. The molecule has 0 bridgehead atoms. The van der Waals surface area contributed by atoms with Crippen LogP contribution in [-0.4, -0.2) is 20.3 Å². The second-order valence-corrected chi connectivity index (χ2v) is 16.0. The Kier molecular flexibility index (Phi) is 16.0. The predicted molar refractivity (Wildman–Crippen MR) is 202 cm³/mol. The summed E-state index contributed by atoms with van der Waals surface area (Å²) in [4.78, 5) is 0. The Morgan fingerprint density at radius 3 is 1.46 bits per heavy atom. The van der Waals surface area contributed by atoms with Crippen LogP contribution >= 0.6 is 11.6 Å². The highest BCUT2D eigenvalue weighted by atomic mass is 35.5. The fraction of sp³-hybridized carbons (Fsp3) is 0.714. The zero-order valence-electron chi connectivity index (χ0n) is 30.2. The van der Waals surface area contributed by atoms with Crippen LogP contribution in [-0.2, 0) is 14.7 Å². The molecule has 2 aromatic rings. The maximum absolute atomic E-state index is 6.76. The van der Waals surface area contributed by atoms with Gasteiger partial charge in [0.25, 0.3) is 0 Å². The molecular formula is C42H66BClO2. The van der Waals surface area contributed by atoms with E-state index in [0.717, 1.165) is 18.2 Å². The van der Waals surface area contributed by atoms with Crippen molar-refractivity contribution in [3.8, 4) is 11.1 Å². The van der Waals surface area contributed by atoms with Gasteiger partial charge in [-0.15, -0.1) is 0 Å². The fourth-order valence-corrected chi connectivity index (χ4v) is 8.18. The summed E-state index contributed by atoms with van der Waals surface area (Å²) in [5, 5.41) is 0.864. The summed E-state index contributed by atoms with van der Waals surface area (Å²) in [7, 11) is -0.280. The largest absolute Gasteiger partial charge is 0.493 e. The van der Waals surface area contributed by atoms with E-state index in [9.17, 15) is 0 Å². The Morgan fingerprint density at radius 2 is 0.978 bits per heavy atom. The van der Waals surface area contributed by atoms with Crippen molar-refractivity contribution in [1.82, 2.24) is 0 Å². The van der Waals surface area contributed by atoms with Crippen molar-refractivity contribution in [3.05, 3.63) is 52.5 Å². The first-order valence-corrected chi connectivity index (χ1v) is 20.0. The summed E-state index contributed by atoms with van der Waals surface area (Å²) in [6.07, 6.45) is 29.8. The van der Waals surface area contributed by atoms with Gasteiger partial charge in [0.1, 0.15) is 0 Å². The van der Waals surface area contributed by atoms with Crippen LogP contribution in [0.2, 0.25) is 5.02 Å². The first kappa shape index (κ1) is 37.5. The predicted octanol–water partition coefficient (Wildman–Crippen LogP) is 13.0. The maximum atomic E-state index is 6.76. The Hall–Kier alpha value is -1.29. The van der Waals surface area contributed by atoms with Crippen LogP contribution in [0.3, 0.4) is 0 Å². The van der Waals surface area contributed by atoms with Crippen molar-refractivity contribution in [2.75, 3.05) is 13.2 Å². The van der Waals surface area contributed by atoms with E-state index in [1.54, 1.807) is 0 Å². The number of fused-ring (bicyclic) bond motifs is 3. The van der Waals surface area contributed by atoms with Crippen molar-refractivity contribution >= 4 is 24.2 Å². The molecule has 0 spiro atoms. The van der Waals surface area contributed by atoms with E-state index < -0.39 is 0 Å². The van der Waals surface area contributed by atoms with Crippen LogP contribution in [0.4, 0.5) is 0 Å². The lowest BCUT2D eigenvalue weighted by Gasteiger charge is -2.35. The van der Waals surface area contributed by atoms with Gasteiger partial charge in [-0.1, -0.05) is 192 Å². The first-order valence-electron chi connectivity index (χ1n) is 19.6. The van der Waals surface area contributed by atoms with Gasteiger partial charge in [-0.05, 0) is 52.7 Å². The van der Waals surface area contributed by atoms with Crippen molar-refractivity contribution < 1.29 is 9.31 Å². The zero-order valence-corrected chi connectivity index (χ0v) is 31.0. The van der Waals surface area contributed by atoms with Crippen LogP contribution in [0.15, 0.2) is 36.4 Å². The number of hydrogen-bond donors (Lipinski definition) is 0. The van der Waals surface area contributed by atoms with Gasteiger partial charge in [0.2, 0.25) is 0 Å². The standard InChI is InChI=1S/C42H66BClO2/c1-5-7-9-11-13-15-17-19-21-23-29-42(30-24-22-20-18-16-14-12-10-8-6-2)39-31-35(43-45-33-41(3,4)34-46-43)25-27-37(39)38-28-26-36(44)32-40(38)42/h25-28,31-32H,5-24,29-30,33-34H2,1-4H3. The summed E-state index contributed by atoms with van der Waals surface area (Å²) >= 11 is 6.76. The average molecular weight is 649 g/mol. The molecule has 1 aliphatic heterocycles. The lowest BCUT2D eigenvalue weighted by Crippen LogP contribution is -2.47. The Morgan fingerprint density at radius 1 is 0.565 bits per heavy atom. The quantitative estimate of drug-likeness (QED) is 0.0881. The number of rotatable bonds is 23. The monoisotopic (exact) mass is 648 g/mol. The molecule has 0 N–H and O–H groups in total. The molecule has 0 aromatic heterocycles. The van der Waals surface area contributed by atoms with Crippen LogP contribution in [0.5, 0.6) is 0 Å². The fourth-order valence-electron chi connectivity index (χ4n) is 8.01. The van der Waals surface area contributed by atoms with E-state index in [0.29, 0.717) is 0 Å². The van der Waals surface area contributed by atoms with E-state index >= 15 is 0 Å². The normalized spacial score (nSPS) is 16.5. The number of unbranched alkanes of at least 4 members (excludes halogenated alkanes) is 18. The molecular weight excluding hydrogens is 583 g/mol. The molecule has 1 saturated heterocycles. The van der Waals surface area contributed by atoms with Crippen LogP contribution in [0.1, 0.15) is 180 Å². The van der Waals surface area contributed by atoms with E-state index in [1.165, 1.54) is 169 Å². The third-order valence-electron chi connectivity index (χ3n) is 10.8. The van der Waals surface area contributed by atoms with Gasteiger partial charge in [-0.25, -0.2) is 0 Å². The number of hydrogen-bond acceptors (Lipinski definition) is 2. The average Bonchev–Trinajstić information content (AvgIpc) is 3.31. The minimum Gasteiger partial charge on any atom is -0.407 e. The van der Waals surface area contributed by atoms with Gasteiger partial charge in [0.05, 0.1) is 0 Å². The highest BCUT2D eigenvalue weighted by molar-refractivity contribution is 6.61. The summed E-state index contributed by atoms with van der Waals surface area (Å²) in [5.74, 6) is 0. The summed E-state index contributed by atoms with van der Waals surface area (Å²) < 4.78 is 12.6. The number of halogens is 1. The van der Waals surface area contributed by atoms with Crippen LogP contribution in [0.25, 0.3) is 11.1 Å². The third-order valence-corrected chi connectivity index (χ3v) is 11.0. The molecule has 0 atom stereocenters. The van der Waals surface area contributed by atoms with Gasteiger partial charge in [-0.2, -0.15) is 0 Å². The highest BCUT2D eigenvalue weighted by Gasteiger charge is 2.43. The molecule has 1 fully saturated rings. The van der Waals surface area contributed by atoms with Gasteiger partial charge in [0.15, 0.2) is 0 Å². The summed E-state index contributed by atoms with van der Waals surface area (Å²) in [5.41, 5.74) is 6.98. The molecule has 4 heteroatoms. The topological polar surface area (TPSA) is 18.5 Å². The molecule has 2 aliphatic rings. The van der Waals surface area contributed by atoms with Gasteiger partial charge in [0, 0.05) is 29.1 Å². The molecule has 46 heavy (non-hydrogen) atoms. The molecule has 2 nitrogen and oxygen atoms in total. The highest BCUT2D eigenvalue weighted by Crippen LogP contribution is 2.54. The molecule has 0 saturated carbocycles. The van der Waals surface area contributed by atoms with Crippen LogP contribution in [0, 0.1) is 5.41 Å². The minimum absolute atomic E-state index is 0.0137. The first-order chi connectivity index (χ1) is 22.4. The molecule has 0 amide bonds. The third kappa shape index (κ3) is 10.9. The van der Waals surface area contributed by atoms with Gasteiger partial charge < -0.3 is 9.31 Å². The van der Waals surface area contributed by atoms with Crippen LogP contribution < -0.4 is 5.46 Å². The molecule has 0 radical (unpaired) electrons. The minimum atomic E-state index is -0.280. The summed E-state index contributed by atoms with van der Waals surface area (Å²) in [6.45, 7) is 10.5. The van der Waals surface area contributed by atoms with E-state index in [4.69, 9.17) is 20.9 Å². The second-order valence-electron chi connectivity index (χ2n) is 15.6. The smallest absolute Gasteiger partial charge is 0.407 e. The molecule has 4 rings (SSSR count). The molecule has 1 aliphatic carbocycles. The zero-order chi connectivity index (χ0) is 32.7. The Labute approximate surface area is 289 Å². The number of benzene rings is 2. The van der Waals surface area contributed by atoms with E-state index in [2.05, 4.69) is 64.1 Å². The molecule has 256 valence electrons. The second kappa shape index (κ2) is 19.6. The van der Waals surface area contributed by atoms with E-state index in [-0.39, 0.29) is 17.9 Å².